The number of amides is 3. The van der Waals surface area contributed by atoms with Crippen molar-refractivity contribution >= 4 is 21.8 Å². The molecule has 2 rings (SSSR count). The molecule has 1 fully saturated rings. The lowest BCUT2D eigenvalue weighted by atomic mass is 10.1. The molecule has 0 aromatic carbocycles. The largest absolute Gasteiger partial charge is 0.325 e. The molecule has 3 amide bonds. The summed E-state index contributed by atoms with van der Waals surface area (Å²) in [5, 5.41) is 2.58. The summed E-state index contributed by atoms with van der Waals surface area (Å²) in [5.74, 6) is -0.276. The topological polar surface area (TPSA) is 101 Å². The number of hydrogen-bond donors (Lipinski definition) is 1. The number of hydrogen-bond acceptors (Lipinski definition) is 5. The van der Waals surface area contributed by atoms with Crippen LogP contribution in [0.3, 0.4) is 0 Å². The average Bonchev–Trinajstić information content (AvgIpc) is 2.87. The molecule has 0 aliphatic carbocycles. The molecule has 0 bridgehead atoms. The monoisotopic (exact) mass is 314 g/mol. The lowest BCUT2D eigenvalue weighted by molar-refractivity contribution is -0.130. The Balaban J connectivity index is 1.99. The maximum Gasteiger partial charge on any atom is 0.325 e. The van der Waals surface area contributed by atoms with Crippen LogP contribution in [0, 0.1) is 0 Å². The van der Waals surface area contributed by atoms with E-state index in [1.807, 2.05) is 0 Å². The minimum Gasteiger partial charge on any atom is -0.324 e. The highest BCUT2D eigenvalue weighted by Gasteiger charge is 2.43. The highest BCUT2D eigenvalue weighted by molar-refractivity contribution is 7.90. The summed E-state index contributed by atoms with van der Waals surface area (Å²) in [6, 6.07) is -0.418. The molecule has 1 aromatic heterocycles. The molecular formula is C12H18N4O4S. The summed E-state index contributed by atoms with van der Waals surface area (Å²) in [5.41, 5.74) is -0.885. The van der Waals surface area contributed by atoms with E-state index in [0.29, 0.717) is 13.0 Å². The van der Waals surface area contributed by atoms with E-state index in [-0.39, 0.29) is 17.6 Å². The number of aryl methyl sites for hydroxylation is 1. The Morgan fingerprint density at radius 3 is 2.48 bits per heavy atom. The molecule has 9 heteroatoms. The lowest BCUT2D eigenvalue weighted by Crippen LogP contribution is -2.40. The standard InChI is InChI=1S/C12H18N4O4S/c1-12(2)9(17)16(10(18)14-12)7-4-6-15-8-5-13-11(15)21(3,19)20/h5,8H,4,6-7H2,1-3H3,(H,14,18). The fourth-order valence-corrected chi connectivity index (χ4v) is 3.05. The summed E-state index contributed by atoms with van der Waals surface area (Å²) < 4.78 is 24.5. The van der Waals surface area contributed by atoms with Crippen LogP contribution in [0.2, 0.25) is 0 Å². The normalized spacial score (nSPS) is 18.1. The third-order valence-corrected chi connectivity index (χ3v) is 4.24. The molecule has 2 heterocycles. The number of nitrogens with one attached hydrogen (secondary N) is 1. The highest BCUT2D eigenvalue weighted by Crippen LogP contribution is 2.17. The van der Waals surface area contributed by atoms with Crippen molar-refractivity contribution in [3.8, 4) is 0 Å². The van der Waals surface area contributed by atoms with E-state index in [4.69, 9.17) is 0 Å². The summed E-state index contributed by atoms with van der Waals surface area (Å²) in [6.45, 7) is 3.88. The van der Waals surface area contributed by atoms with Gasteiger partial charge in [0.25, 0.3) is 5.91 Å². The number of nitrogens with zero attached hydrogens (tertiary/aromatic N) is 3. The number of imidazole rings is 1. The van der Waals surface area contributed by atoms with Crippen LogP contribution in [0.25, 0.3) is 0 Å². The Labute approximate surface area is 123 Å². The summed E-state index contributed by atoms with van der Waals surface area (Å²) >= 11 is 0. The zero-order valence-electron chi connectivity index (χ0n) is 12.2. The molecule has 0 spiro atoms. The molecule has 1 N–H and O–H groups in total. The van der Waals surface area contributed by atoms with E-state index in [0.717, 1.165) is 11.2 Å². The van der Waals surface area contributed by atoms with Gasteiger partial charge in [0.1, 0.15) is 5.54 Å². The van der Waals surface area contributed by atoms with Gasteiger partial charge in [0.2, 0.25) is 15.0 Å². The van der Waals surface area contributed by atoms with Crippen molar-refractivity contribution in [3.05, 3.63) is 12.4 Å². The number of rotatable bonds is 5. The minimum absolute atomic E-state index is 0.0139. The van der Waals surface area contributed by atoms with Crippen molar-refractivity contribution in [1.29, 1.82) is 0 Å². The van der Waals surface area contributed by atoms with Crippen molar-refractivity contribution < 1.29 is 18.0 Å². The Morgan fingerprint density at radius 1 is 1.29 bits per heavy atom. The lowest BCUT2D eigenvalue weighted by Gasteiger charge is -2.16. The molecule has 116 valence electrons. The number of urea groups is 1. The van der Waals surface area contributed by atoms with Crippen LogP contribution in [0.4, 0.5) is 4.79 Å². The van der Waals surface area contributed by atoms with E-state index in [1.54, 1.807) is 20.0 Å². The van der Waals surface area contributed by atoms with E-state index in [2.05, 4.69) is 10.3 Å². The molecule has 0 atom stereocenters. The quantitative estimate of drug-likeness (QED) is 0.771. The predicted molar refractivity (Wildman–Crippen MR) is 74.3 cm³/mol. The number of aromatic nitrogens is 2. The number of carbonyl (C=O) groups excluding carboxylic acids is 2. The van der Waals surface area contributed by atoms with E-state index < -0.39 is 21.4 Å². The van der Waals surface area contributed by atoms with Crippen molar-refractivity contribution in [2.75, 3.05) is 12.8 Å². The number of imide groups is 1. The molecule has 1 aliphatic heterocycles. The second-order valence-electron chi connectivity index (χ2n) is 5.54. The molecule has 8 nitrogen and oxygen atoms in total. The summed E-state index contributed by atoms with van der Waals surface area (Å²) in [4.78, 5) is 28.6. The SMILES string of the molecule is CC1(C)NC(=O)N(CCCn2ccnc2S(C)(=O)=O)C1=O. The minimum atomic E-state index is -3.39. The van der Waals surface area contributed by atoms with Crippen LogP contribution in [0.1, 0.15) is 20.3 Å². The fourth-order valence-electron chi connectivity index (χ4n) is 2.21. The van der Waals surface area contributed by atoms with Gasteiger partial charge in [-0.1, -0.05) is 0 Å². The molecule has 0 unspecified atom stereocenters. The maximum absolute atomic E-state index is 12.0. The Bertz CT molecular complexity index is 677. The second-order valence-corrected chi connectivity index (χ2v) is 7.45. The average molecular weight is 314 g/mol. The number of carbonyl (C=O) groups is 2. The highest BCUT2D eigenvalue weighted by atomic mass is 32.2. The molecular weight excluding hydrogens is 296 g/mol. The molecule has 21 heavy (non-hydrogen) atoms. The first-order valence-corrected chi connectivity index (χ1v) is 8.37. The van der Waals surface area contributed by atoms with Gasteiger partial charge in [-0.2, -0.15) is 0 Å². The van der Waals surface area contributed by atoms with E-state index in [1.165, 1.54) is 10.8 Å². The van der Waals surface area contributed by atoms with Crippen LogP contribution in [-0.4, -0.2) is 53.1 Å². The van der Waals surface area contributed by atoms with Gasteiger partial charge in [-0.25, -0.2) is 18.2 Å². The smallest absolute Gasteiger partial charge is 0.324 e. The van der Waals surface area contributed by atoms with Crippen molar-refractivity contribution in [2.24, 2.45) is 0 Å². The maximum atomic E-state index is 12.0. The van der Waals surface area contributed by atoms with Crippen molar-refractivity contribution in [3.63, 3.8) is 0 Å². The van der Waals surface area contributed by atoms with Gasteiger partial charge in [0.05, 0.1) is 0 Å². The summed E-state index contributed by atoms with van der Waals surface area (Å²) in [6.07, 6.45) is 4.51. The van der Waals surface area contributed by atoms with Crippen LogP contribution >= 0.6 is 0 Å². The van der Waals surface area contributed by atoms with Gasteiger partial charge in [0.15, 0.2) is 0 Å². The first kappa shape index (κ1) is 15.5. The van der Waals surface area contributed by atoms with Gasteiger partial charge < -0.3 is 9.88 Å². The van der Waals surface area contributed by atoms with Gasteiger partial charge in [-0.3, -0.25) is 9.69 Å². The Morgan fingerprint density at radius 2 is 1.95 bits per heavy atom. The molecule has 0 radical (unpaired) electrons. The molecule has 0 saturated carbocycles. The third-order valence-electron chi connectivity index (χ3n) is 3.23. The molecule has 1 saturated heterocycles. The molecule has 1 aromatic rings. The van der Waals surface area contributed by atoms with Crippen LogP contribution in [-0.2, 0) is 21.2 Å². The van der Waals surface area contributed by atoms with Crippen molar-refractivity contribution in [2.45, 2.75) is 37.5 Å². The fraction of sp³-hybridized carbons (Fsp3) is 0.583. The Kier molecular flexibility index (Phi) is 3.79. The summed E-state index contributed by atoms with van der Waals surface area (Å²) in [7, 11) is -3.39. The zero-order valence-corrected chi connectivity index (χ0v) is 13.0. The second kappa shape index (κ2) is 5.14. The van der Waals surface area contributed by atoms with E-state index in [9.17, 15) is 18.0 Å². The van der Waals surface area contributed by atoms with Gasteiger partial charge in [-0.15, -0.1) is 0 Å². The van der Waals surface area contributed by atoms with Crippen molar-refractivity contribution in [1.82, 2.24) is 19.8 Å². The van der Waals surface area contributed by atoms with Gasteiger partial charge >= 0.3 is 6.03 Å². The molecule has 1 aliphatic rings. The predicted octanol–water partition coefficient (Wildman–Crippen LogP) is 0.00710. The van der Waals surface area contributed by atoms with Crippen LogP contribution < -0.4 is 5.32 Å². The first-order valence-electron chi connectivity index (χ1n) is 6.48. The van der Waals surface area contributed by atoms with E-state index >= 15 is 0 Å². The van der Waals surface area contributed by atoms with Gasteiger partial charge in [-0.05, 0) is 20.3 Å². The Hall–Kier alpha value is -1.90. The zero-order chi connectivity index (χ0) is 15.8. The van der Waals surface area contributed by atoms with Crippen LogP contribution in [0.5, 0.6) is 0 Å². The van der Waals surface area contributed by atoms with Crippen LogP contribution in [0.15, 0.2) is 17.6 Å². The number of sulfone groups is 1. The third kappa shape index (κ3) is 3.07. The first-order chi connectivity index (χ1) is 9.63. The van der Waals surface area contributed by atoms with Gasteiger partial charge in [0, 0.05) is 31.7 Å².